The highest BCUT2D eigenvalue weighted by molar-refractivity contribution is 5.82. The van der Waals surface area contributed by atoms with Gasteiger partial charge >= 0.3 is 12.1 Å². The molecule has 2 aromatic carbocycles. The highest BCUT2D eigenvalue weighted by Crippen LogP contribution is 2.45. The number of aliphatic carboxylic acids is 1. The van der Waals surface area contributed by atoms with Crippen molar-refractivity contribution in [3.05, 3.63) is 59.7 Å². The molecule has 0 radical (unpaired) electrons. The van der Waals surface area contributed by atoms with E-state index in [4.69, 9.17) is 4.74 Å². The van der Waals surface area contributed by atoms with Crippen LogP contribution in [0.15, 0.2) is 48.5 Å². The summed E-state index contributed by atoms with van der Waals surface area (Å²) in [6.45, 7) is 4.16. The van der Waals surface area contributed by atoms with E-state index in [1.54, 1.807) is 0 Å². The second-order valence-corrected chi connectivity index (χ2v) is 9.39. The van der Waals surface area contributed by atoms with Crippen LogP contribution < -0.4 is 10.6 Å². The fraction of sp³-hybridized carbons (Fsp3) is 0.423. The number of benzene rings is 2. The van der Waals surface area contributed by atoms with Crippen molar-refractivity contribution in [1.82, 2.24) is 10.6 Å². The maximum atomic E-state index is 12.6. The topological polar surface area (TPSA) is 105 Å². The minimum Gasteiger partial charge on any atom is -0.481 e. The summed E-state index contributed by atoms with van der Waals surface area (Å²) < 4.78 is 5.60. The van der Waals surface area contributed by atoms with Gasteiger partial charge in [0.25, 0.3) is 0 Å². The van der Waals surface area contributed by atoms with Gasteiger partial charge < -0.3 is 20.5 Å². The van der Waals surface area contributed by atoms with E-state index in [9.17, 15) is 19.5 Å². The maximum Gasteiger partial charge on any atom is 0.407 e. The number of ether oxygens (including phenoxy) is 1. The molecule has 2 aliphatic carbocycles. The molecule has 0 bridgehead atoms. The predicted molar refractivity (Wildman–Crippen MR) is 124 cm³/mol. The van der Waals surface area contributed by atoms with Gasteiger partial charge in [-0.1, -0.05) is 62.4 Å². The molecule has 0 aliphatic heterocycles. The van der Waals surface area contributed by atoms with Crippen molar-refractivity contribution in [2.45, 2.75) is 45.1 Å². The van der Waals surface area contributed by atoms with E-state index < -0.39 is 23.5 Å². The first-order valence-corrected chi connectivity index (χ1v) is 11.4. The lowest BCUT2D eigenvalue weighted by Crippen LogP contribution is -2.44. The smallest absolute Gasteiger partial charge is 0.407 e. The lowest BCUT2D eigenvalue weighted by molar-refractivity contribution is -0.143. The van der Waals surface area contributed by atoms with E-state index in [1.807, 2.05) is 38.1 Å². The maximum absolute atomic E-state index is 12.6. The largest absolute Gasteiger partial charge is 0.481 e. The van der Waals surface area contributed by atoms with Crippen LogP contribution in [0.25, 0.3) is 11.1 Å². The number of hydrogen-bond acceptors (Lipinski definition) is 4. The van der Waals surface area contributed by atoms with Crippen molar-refractivity contribution in [3.8, 4) is 11.1 Å². The van der Waals surface area contributed by atoms with Gasteiger partial charge in [0.1, 0.15) is 6.61 Å². The zero-order valence-electron chi connectivity index (χ0n) is 19.0. The molecule has 7 heteroatoms. The van der Waals surface area contributed by atoms with Crippen LogP contribution in [0.3, 0.4) is 0 Å². The van der Waals surface area contributed by atoms with Crippen molar-refractivity contribution in [2.24, 2.45) is 11.3 Å². The number of rotatable bonds is 9. The van der Waals surface area contributed by atoms with E-state index in [0.717, 1.165) is 22.3 Å². The van der Waals surface area contributed by atoms with E-state index >= 15 is 0 Å². The minimum absolute atomic E-state index is 0.00518. The number of hydrogen-bond donors (Lipinski definition) is 3. The van der Waals surface area contributed by atoms with E-state index in [0.29, 0.717) is 12.8 Å². The average Bonchev–Trinajstić information content (AvgIpc) is 3.53. The van der Waals surface area contributed by atoms with Gasteiger partial charge in [-0.05, 0) is 41.0 Å². The first-order chi connectivity index (χ1) is 15.8. The van der Waals surface area contributed by atoms with Crippen molar-refractivity contribution in [1.29, 1.82) is 0 Å². The third-order valence-electron chi connectivity index (χ3n) is 6.79. The molecule has 1 fully saturated rings. The van der Waals surface area contributed by atoms with Crippen LogP contribution in [-0.4, -0.2) is 42.3 Å². The van der Waals surface area contributed by atoms with Crippen molar-refractivity contribution in [2.75, 3.05) is 13.2 Å². The second kappa shape index (κ2) is 9.25. The van der Waals surface area contributed by atoms with Crippen LogP contribution in [-0.2, 0) is 14.3 Å². The lowest BCUT2D eigenvalue weighted by atomic mass is 9.98. The highest BCUT2D eigenvalue weighted by atomic mass is 16.5. The molecule has 1 saturated carbocycles. The molecular formula is C26H30N2O5. The second-order valence-electron chi connectivity index (χ2n) is 9.39. The number of carbonyl (C=O) groups is 3. The van der Waals surface area contributed by atoms with Crippen LogP contribution >= 0.6 is 0 Å². The fourth-order valence-corrected chi connectivity index (χ4v) is 4.40. The van der Waals surface area contributed by atoms with Gasteiger partial charge in [0.15, 0.2) is 0 Å². The molecule has 33 heavy (non-hydrogen) atoms. The Bertz CT molecular complexity index is 1010. The Kier molecular flexibility index (Phi) is 6.40. The average molecular weight is 451 g/mol. The van der Waals surface area contributed by atoms with Crippen LogP contribution in [0, 0.1) is 11.3 Å². The number of carboxylic acid groups (broad SMARTS) is 1. The molecule has 174 valence electrons. The zero-order chi connectivity index (χ0) is 23.6. The summed E-state index contributed by atoms with van der Waals surface area (Å²) >= 11 is 0. The summed E-state index contributed by atoms with van der Waals surface area (Å²) in [4.78, 5) is 36.3. The summed E-state index contributed by atoms with van der Waals surface area (Å²) in [6, 6.07) is 15.9. The number of amides is 2. The Morgan fingerprint density at radius 2 is 1.61 bits per heavy atom. The summed E-state index contributed by atoms with van der Waals surface area (Å²) in [7, 11) is 0. The third kappa shape index (κ3) is 4.87. The number of carbonyl (C=O) groups excluding carboxylic acids is 2. The monoisotopic (exact) mass is 450 g/mol. The van der Waals surface area contributed by atoms with Crippen molar-refractivity contribution in [3.63, 3.8) is 0 Å². The molecule has 0 saturated heterocycles. The molecule has 0 spiro atoms. The van der Waals surface area contributed by atoms with Crippen molar-refractivity contribution >= 4 is 18.0 Å². The highest BCUT2D eigenvalue weighted by Gasteiger charge is 2.50. The molecule has 4 rings (SSSR count). The van der Waals surface area contributed by atoms with E-state index in [1.165, 1.54) is 0 Å². The standard InChI is InChI=1S/C26H30N2O5/c1-16(2)22(13-23(29)27-15-26(11-12-26)24(30)31)28-25(32)33-14-21-19-9-5-3-7-17(19)18-8-4-6-10-20(18)21/h3-10,16,21-22H,11-15H2,1-2H3,(H,27,29)(H,28,32)(H,30,31). The van der Waals surface area contributed by atoms with E-state index in [2.05, 4.69) is 34.9 Å². The van der Waals surface area contributed by atoms with Gasteiger partial charge in [-0.25, -0.2) is 4.79 Å². The first kappa shape index (κ1) is 22.8. The van der Waals surface area contributed by atoms with Gasteiger partial charge in [-0.15, -0.1) is 0 Å². The predicted octanol–water partition coefficient (Wildman–Crippen LogP) is 3.92. The molecule has 3 N–H and O–H groups in total. The number of carboxylic acids is 1. The van der Waals surface area contributed by atoms with Crippen molar-refractivity contribution < 1.29 is 24.2 Å². The Hall–Kier alpha value is -3.35. The zero-order valence-corrected chi connectivity index (χ0v) is 19.0. The van der Waals surface area contributed by atoms with Gasteiger partial charge in [0.2, 0.25) is 5.91 Å². The van der Waals surface area contributed by atoms with Gasteiger partial charge in [0, 0.05) is 24.9 Å². The Morgan fingerprint density at radius 3 is 2.12 bits per heavy atom. The minimum atomic E-state index is -0.875. The molecular weight excluding hydrogens is 420 g/mol. The third-order valence-corrected chi connectivity index (χ3v) is 6.79. The van der Waals surface area contributed by atoms with Crippen LogP contribution in [0.5, 0.6) is 0 Å². The lowest BCUT2D eigenvalue weighted by Gasteiger charge is -2.23. The molecule has 2 aromatic rings. The van der Waals surface area contributed by atoms with E-state index in [-0.39, 0.29) is 37.3 Å². The van der Waals surface area contributed by atoms with Crippen LogP contribution in [0.4, 0.5) is 4.79 Å². The molecule has 2 aliphatic rings. The molecule has 7 nitrogen and oxygen atoms in total. The number of alkyl carbamates (subject to hydrolysis) is 1. The van der Waals surface area contributed by atoms with Crippen LogP contribution in [0.1, 0.15) is 50.2 Å². The normalized spacial score (nSPS) is 16.5. The summed E-state index contributed by atoms with van der Waals surface area (Å²) in [5, 5.41) is 14.8. The van der Waals surface area contributed by atoms with Gasteiger partial charge in [-0.2, -0.15) is 0 Å². The Labute approximate surface area is 193 Å². The quantitative estimate of drug-likeness (QED) is 0.537. The SMILES string of the molecule is CC(C)C(CC(=O)NCC1(C(=O)O)CC1)NC(=O)OCC1c2ccccc2-c2ccccc21. The van der Waals surface area contributed by atoms with Gasteiger partial charge in [-0.3, -0.25) is 9.59 Å². The number of nitrogens with one attached hydrogen (secondary N) is 2. The molecule has 1 atom stereocenters. The summed E-state index contributed by atoms with van der Waals surface area (Å²) in [5.41, 5.74) is 3.78. The molecule has 1 unspecified atom stereocenters. The first-order valence-electron chi connectivity index (χ1n) is 11.4. The number of fused-ring (bicyclic) bond motifs is 3. The molecule has 0 aromatic heterocycles. The molecule has 0 heterocycles. The molecule has 2 amide bonds. The Balaban J connectivity index is 1.32. The summed E-state index contributed by atoms with van der Waals surface area (Å²) in [5.74, 6) is -1.18. The van der Waals surface area contributed by atoms with Gasteiger partial charge in [0.05, 0.1) is 5.41 Å². The fourth-order valence-electron chi connectivity index (χ4n) is 4.40. The Morgan fingerprint density at radius 1 is 1.03 bits per heavy atom. The van der Waals surface area contributed by atoms with Crippen LogP contribution in [0.2, 0.25) is 0 Å². The summed E-state index contributed by atoms with van der Waals surface area (Å²) in [6.07, 6.45) is 0.660.